The number of amides is 2. The van der Waals surface area contributed by atoms with E-state index in [0.29, 0.717) is 37.4 Å². The van der Waals surface area contributed by atoms with Crippen LogP contribution in [0.1, 0.15) is 21.5 Å². The van der Waals surface area contributed by atoms with Crippen molar-refractivity contribution >= 4 is 17.5 Å². The quantitative estimate of drug-likeness (QED) is 0.902. The highest BCUT2D eigenvalue weighted by Gasteiger charge is 2.23. The average Bonchev–Trinajstić information content (AvgIpc) is 2.66. The predicted octanol–water partition coefficient (Wildman–Crippen LogP) is 2.84. The number of nitrogens with one attached hydrogen (secondary N) is 1. The zero-order chi connectivity index (χ0) is 19.4. The Morgan fingerprint density at radius 1 is 0.963 bits per heavy atom. The summed E-state index contributed by atoms with van der Waals surface area (Å²) in [6.45, 7) is 6.76. The van der Waals surface area contributed by atoms with Crippen LogP contribution in [0.15, 0.2) is 42.5 Å². The Morgan fingerprint density at radius 3 is 2.26 bits per heavy atom. The van der Waals surface area contributed by atoms with Crippen molar-refractivity contribution in [1.82, 2.24) is 9.80 Å². The third-order valence-electron chi connectivity index (χ3n) is 4.91. The second-order valence-corrected chi connectivity index (χ2v) is 6.92. The molecule has 2 amide bonds. The number of hydrogen-bond donors (Lipinski definition) is 1. The average molecular weight is 369 g/mol. The zero-order valence-corrected chi connectivity index (χ0v) is 15.7. The van der Waals surface area contributed by atoms with Gasteiger partial charge in [0.2, 0.25) is 5.91 Å². The predicted molar refractivity (Wildman–Crippen MR) is 103 cm³/mol. The Labute approximate surface area is 158 Å². The van der Waals surface area contributed by atoms with Gasteiger partial charge in [-0.2, -0.15) is 0 Å². The van der Waals surface area contributed by atoms with Gasteiger partial charge in [0, 0.05) is 37.4 Å². The van der Waals surface area contributed by atoms with Gasteiger partial charge in [-0.25, -0.2) is 4.39 Å². The lowest BCUT2D eigenvalue weighted by Gasteiger charge is -2.34. The lowest BCUT2D eigenvalue weighted by molar-refractivity contribution is -0.117. The maximum Gasteiger partial charge on any atom is 0.253 e. The van der Waals surface area contributed by atoms with Gasteiger partial charge in [-0.3, -0.25) is 14.5 Å². The summed E-state index contributed by atoms with van der Waals surface area (Å²) in [5, 5.41) is 2.76. The molecule has 0 aliphatic carbocycles. The Bertz CT molecular complexity index is 828. The topological polar surface area (TPSA) is 52.7 Å². The van der Waals surface area contributed by atoms with Crippen molar-refractivity contribution in [3.63, 3.8) is 0 Å². The molecule has 2 aromatic rings. The van der Waals surface area contributed by atoms with Crippen molar-refractivity contribution in [2.75, 3.05) is 38.0 Å². The summed E-state index contributed by atoms with van der Waals surface area (Å²) in [7, 11) is 0. The van der Waals surface area contributed by atoms with Crippen LogP contribution in [-0.2, 0) is 4.79 Å². The molecule has 1 fully saturated rings. The number of anilines is 1. The van der Waals surface area contributed by atoms with Crippen LogP contribution in [0.5, 0.6) is 0 Å². The highest BCUT2D eigenvalue weighted by Crippen LogP contribution is 2.14. The summed E-state index contributed by atoms with van der Waals surface area (Å²) in [6.07, 6.45) is 0. The Hall–Kier alpha value is -2.73. The Balaban J connectivity index is 1.49. The minimum absolute atomic E-state index is 0.0357. The molecule has 2 aromatic carbocycles. The van der Waals surface area contributed by atoms with Gasteiger partial charge in [-0.1, -0.05) is 6.07 Å². The summed E-state index contributed by atoms with van der Waals surface area (Å²) in [5.41, 5.74) is 3.56. The standard InChI is InChI=1S/C21H24FN3O2/c1-15-3-4-17(13-16(15)2)21(27)25-11-9-24(10-12-25)14-20(26)23-19-7-5-18(22)6-8-19/h3-8,13H,9-12,14H2,1-2H3,(H,23,26). The van der Waals surface area contributed by atoms with E-state index in [1.54, 1.807) is 0 Å². The molecule has 0 spiro atoms. The molecule has 0 radical (unpaired) electrons. The molecule has 1 N–H and O–H groups in total. The highest BCUT2D eigenvalue weighted by atomic mass is 19.1. The van der Waals surface area contributed by atoms with Crippen LogP contribution in [0.25, 0.3) is 0 Å². The minimum Gasteiger partial charge on any atom is -0.336 e. The summed E-state index contributed by atoms with van der Waals surface area (Å²) < 4.78 is 12.9. The van der Waals surface area contributed by atoms with Crippen molar-refractivity contribution in [3.8, 4) is 0 Å². The van der Waals surface area contributed by atoms with Crippen LogP contribution in [0.4, 0.5) is 10.1 Å². The van der Waals surface area contributed by atoms with Gasteiger partial charge in [0.25, 0.3) is 5.91 Å². The lowest BCUT2D eigenvalue weighted by Crippen LogP contribution is -2.50. The van der Waals surface area contributed by atoms with E-state index in [0.717, 1.165) is 5.56 Å². The number of aryl methyl sites for hydroxylation is 2. The van der Waals surface area contributed by atoms with E-state index < -0.39 is 0 Å². The number of piperazine rings is 1. The second kappa shape index (κ2) is 8.31. The molecular formula is C21H24FN3O2. The molecular weight excluding hydrogens is 345 g/mol. The first-order valence-corrected chi connectivity index (χ1v) is 9.06. The molecule has 142 valence electrons. The lowest BCUT2D eigenvalue weighted by atomic mass is 10.1. The summed E-state index contributed by atoms with van der Waals surface area (Å²) >= 11 is 0. The normalized spacial score (nSPS) is 14.9. The van der Waals surface area contributed by atoms with Gasteiger partial charge in [0.05, 0.1) is 6.54 Å². The molecule has 27 heavy (non-hydrogen) atoms. The first-order valence-electron chi connectivity index (χ1n) is 9.06. The minimum atomic E-state index is -0.336. The summed E-state index contributed by atoms with van der Waals surface area (Å²) in [4.78, 5) is 28.7. The molecule has 6 heteroatoms. The molecule has 1 saturated heterocycles. The van der Waals surface area contributed by atoms with Gasteiger partial charge in [-0.15, -0.1) is 0 Å². The fraction of sp³-hybridized carbons (Fsp3) is 0.333. The summed E-state index contributed by atoms with van der Waals surface area (Å²) in [5.74, 6) is -0.443. The molecule has 0 saturated carbocycles. The van der Waals surface area contributed by atoms with Crippen LogP contribution in [-0.4, -0.2) is 54.3 Å². The third-order valence-corrected chi connectivity index (χ3v) is 4.91. The number of carbonyl (C=O) groups is 2. The molecule has 0 aromatic heterocycles. The molecule has 5 nitrogen and oxygen atoms in total. The third kappa shape index (κ3) is 4.92. The highest BCUT2D eigenvalue weighted by molar-refractivity contribution is 5.94. The molecule has 3 rings (SSSR count). The number of halogens is 1. The van der Waals surface area contributed by atoms with E-state index in [1.807, 2.05) is 41.8 Å². The van der Waals surface area contributed by atoms with Gasteiger partial charge in [-0.05, 0) is 61.4 Å². The van der Waals surface area contributed by atoms with E-state index in [-0.39, 0.29) is 24.2 Å². The molecule has 0 unspecified atom stereocenters. The fourth-order valence-corrected chi connectivity index (χ4v) is 3.10. The molecule has 1 aliphatic heterocycles. The van der Waals surface area contributed by atoms with Crippen LogP contribution in [0, 0.1) is 19.7 Å². The second-order valence-electron chi connectivity index (χ2n) is 6.92. The molecule has 1 aliphatic rings. The molecule has 0 atom stereocenters. The van der Waals surface area contributed by atoms with Crippen molar-refractivity contribution in [2.24, 2.45) is 0 Å². The maximum absolute atomic E-state index is 12.9. The largest absolute Gasteiger partial charge is 0.336 e. The van der Waals surface area contributed by atoms with E-state index in [4.69, 9.17) is 0 Å². The Morgan fingerprint density at radius 2 is 1.63 bits per heavy atom. The number of rotatable bonds is 4. The Kier molecular flexibility index (Phi) is 5.86. The van der Waals surface area contributed by atoms with E-state index in [9.17, 15) is 14.0 Å². The fourth-order valence-electron chi connectivity index (χ4n) is 3.10. The number of nitrogens with zero attached hydrogens (tertiary/aromatic N) is 2. The van der Waals surface area contributed by atoms with Crippen LogP contribution < -0.4 is 5.32 Å². The maximum atomic E-state index is 12.9. The number of carbonyl (C=O) groups excluding carboxylic acids is 2. The monoisotopic (exact) mass is 369 g/mol. The van der Waals surface area contributed by atoms with Crippen molar-refractivity contribution < 1.29 is 14.0 Å². The van der Waals surface area contributed by atoms with E-state index in [1.165, 1.54) is 29.8 Å². The van der Waals surface area contributed by atoms with Crippen LogP contribution >= 0.6 is 0 Å². The van der Waals surface area contributed by atoms with Crippen molar-refractivity contribution in [3.05, 3.63) is 65.0 Å². The van der Waals surface area contributed by atoms with E-state index >= 15 is 0 Å². The van der Waals surface area contributed by atoms with Gasteiger partial charge in [0.1, 0.15) is 5.82 Å². The zero-order valence-electron chi connectivity index (χ0n) is 15.7. The van der Waals surface area contributed by atoms with E-state index in [2.05, 4.69) is 5.32 Å². The van der Waals surface area contributed by atoms with Crippen LogP contribution in [0.2, 0.25) is 0 Å². The smallest absolute Gasteiger partial charge is 0.253 e. The number of benzene rings is 2. The SMILES string of the molecule is Cc1ccc(C(=O)N2CCN(CC(=O)Nc3ccc(F)cc3)CC2)cc1C. The number of hydrogen-bond acceptors (Lipinski definition) is 3. The van der Waals surface area contributed by atoms with Crippen molar-refractivity contribution in [2.45, 2.75) is 13.8 Å². The first kappa shape index (κ1) is 19.0. The van der Waals surface area contributed by atoms with Crippen molar-refractivity contribution in [1.29, 1.82) is 0 Å². The first-order chi connectivity index (χ1) is 12.9. The summed E-state index contributed by atoms with van der Waals surface area (Å²) in [6, 6.07) is 11.5. The van der Waals surface area contributed by atoms with Gasteiger partial charge < -0.3 is 10.2 Å². The van der Waals surface area contributed by atoms with Gasteiger partial charge >= 0.3 is 0 Å². The molecule has 1 heterocycles. The van der Waals surface area contributed by atoms with Gasteiger partial charge in [0.15, 0.2) is 0 Å². The molecule has 0 bridgehead atoms. The van der Waals surface area contributed by atoms with Crippen LogP contribution in [0.3, 0.4) is 0 Å².